The fraction of sp³-hybridized carbons (Fsp3) is 0.240. The minimum atomic E-state index is -0.589. The monoisotopic (exact) mass is 461 g/mol. The first kappa shape index (κ1) is 23.0. The van der Waals surface area contributed by atoms with Gasteiger partial charge in [0.15, 0.2) is 0 Å². The van der Waals surface area contributed by atoms with Gasteiger partial charge in [0.25, 0.3) is 5.56 Å². The zero-order valence-electron chi connectivity index (χ0n) is 19.1. The number of rotatable bonds is 7. The molecule has 0 unspecified atom stereocenters. The zero-order valence-corrected chi connectivity index (χ0v) is 19.1. The van der Waals surface area contributed by atoms with Crippen LogP contribution in [0.4, 0.5) is 4.39 Å². The second-order valence-corrected chi connectivity index (χ2v) is 7.86. The standard InChI is InChI=1S/C25H24FN5O3/c1-4-5-8-17-14-20(25(33)34-3)15(2)24(32)31(17)22-12-11-16(13-21(22)26)18-9-6-7-10-19(18)23-27-29-30-28-23/h6-7,9-14H,4-5,8H2,1-3H3,(H,27,28,29,30). The average Bonchev–Trinajstić information content (AvgIpc) is 3.39. The Balaban J connectivity index is 1.86. The van der Waals surface area contributed by atoms with Crippen molar-refractivity contribution in [3.63, 3.8) is 0 Å². The van der Waals surface area contributed by atoms with Crippen LogP contribution in [0.3, 0.4) is 0 Å². The quantitative estimate of drug-likeness (QED) is 0.413. The van der Waals surface area contributed by atoms with E-state index in [0.29, 0.717) is 29.1 Å². The number of aromatic amines is 1. The Hall–Kier alpha value is -4.14. The summed E-state index contributed by atoms with van der Waals surface area (Å²) in [6.07, 6.45) is 2.17. The van der Waals surface area contributed by atoms with Gasteiger partial charge in [-0.3, -0.25) is 9.36 Å². The van der Waals surface area contributed by atoms with Gasteiger partial charge < -0.3 is 4.74 Å². The molecule has 0 saturated heterocycles. The molecule has 4 aromatic rings. The summed E-state index contributed by atoms with van der Waals surface area (Å²) in [7, 11) is 1.27. The third kappa shape index (κ3) is 4.24. The molecular weight excluding hydrogens is 437 g/mol. The van der Waals surface area contributed by atoms with E-state index in [-0.39, 0.29) is 16.8 Å². The molecule has 0 saturated carbocycles. The van der Waals surface area contributed by atoms with Crippen LogP contribution in [0.5, 0.6) is 0 Å². The molecule has 0 atom stereocenters. The minimum Gasteiger partial charge on any atom is -0.465 e. The number of aryl methyl sites for hydroxylation is 1. The number of pyridine rings is 1. The van der Waals surface area contributed by atoms with E-state index in [9.17, 15) is 9.59 Å². The highest BCUT2D eigenvalue weighted by Crippen LogP contribution is 2.31. The molecule has 4 rings (SSSR count). The molecule has 174 valence electrons. The van der Waals surface area contributed by atoms with E-state index >= 15 is 4.39 Å². The van der Waals surface area contributed by atoms with Crippen molar-refractivity contribution in [2.75, 3.05) is 7.11 Å². The van der Waals surface area contributed by atoms with Crippen molar-refractivity contribution < 1.29 is 13.9 Å². The number of carbonyl (C=O) groups excluding carboxylic acids is 1. The van der Waals surface area contributed by atoms with Crippen LogP contribution in [0.2, 0.25) is 0 Å². The molecule has 0 radical (unpaired) electrons. The third-order valence-electron chi connectivity index (χ3n) is 5.73. The van der Waals surface area contributed by atoms with Crippen molar-refractivity contribution in [3.05, 3.63) is 81.5 Å². The van der Waals surface area contributed by atoms with Crippen molar-refractivity contribution in [2.45, 2.75) is 33.1 Å². The highest BCUT2D eigenvalue weighted by Gasteiger charge is 2.20. The van der Waals surface area contributed by atoms with Crippen molar-refractivity contribution >= 4 is 5.97 Å². The Labute approximate surface area is 195 Å². The fourth-order valence-corrected chi connectivity index (χ4v) is 3.94. The number of nitrogens with zero attached hydrogens (tertiary/aromatic N) is 4. The summed E-state index contributed by atoms with van der Waals surface area (Å²) in [5, 5.41) is 14.1. The zero-order chi connectivity index (χ0) is 24.2. The van der Waals surface area contributed by atoms with Gasteiger partial charge in [-0.1, -0.05) is 43.7 Å². The molecule has 2 heterocycles. The molecule has 2 aromatic carbocycles. The number of aromatic nitrogens is 5. The van der Waals surface area contributed by atoms with Crippen LogP contribution < -0.4 is 5.56 Å². The largest absolute Gasteiger partial charge is 0.465 e. The maximum absolute atomic E-state index is 15.5. The van der Waals surface area contributed by atoms with Crippen molar-refractivity contribution in [3.8, 4) is 28.2 Å². The van der Waals surface area contributed by atoms with Crippen LogP contribution in [-0.4, -0.2) is 38.3 Å². The van der Waals surface area contributed by atoms with Crippen LogP contribution in [0.15, 0.2) is 53.3 Å². The lowest BCUT2D eigenvalue weighted by Gasteiger charge is -2.17. The van der Waals surface area contributed by atoms with Gasteiger partial charge in [-0.25, -0.2) is 9.18 Å². The minimum absolute atomic E-state index is 0.122. The summed E-state index contributed by atoms with van der Waals surface area (Å²) in [4.78, 5) is 25.5. The summed E-state index contributed by atoms with van der Waals surface area (Å²) >= 11 is 0. The van der Waals surface area contributed by atoms with E-state index in [4.69, 9.17) is 4.74 Å². The molecule has 34 heavy (non-hydrogen) atoms. The summed E-state index contributed by atoms with van der Waals surface area (Å²) < 4.78 is 21.7. The van der Waals surface area contributed by atoms with Crippen LogP contribution in [-0.2, 0) is 11.2 Å². The first-order chi connectivity index (χ1) is 16.5. The second-order valence-electron chi connectivity index (χ2n) is 7.86. The smallest absolute Gasteiger partial charge is 0.338 e. The number of ether oxygens (including phenoxy) is 1. The van der Waals surface area contributed by atoms with Gasteiger partial charge in [0, 0.05) is 16.8 Å². The molecule has 9 heteroatoms. The van der Waals surface area contributed by atoms with Gasteiger partial charge in [0.2, 0.25) is 5.82 Å². The Morgan fingerprint density at radius 3 is 2.56 bits per heavy atom. The Morgan fingerprint density at radius 1 is 1.15 bits per heavy atom. The topological polar surface area (TPSA) is 103 Å². The van der Waals surface area contributed by atoms with Crippen molar-refractivity contribution in [1.82, 2.24) is 25.2 Å². The Morgan fingerprint density at radius 2 is 1.91 bits per heavy atom. The average molecular weight is 461 g/mol. The SMILES string of the molecule is CCCCc1cc(C(=O)OC)c(C)c(=O)n1-c1ccc(-c2ccccc2-c2nn[nH]n2)cc1F. The predicted octanol–water partition coefficient (Wildman–Crippen LogP) is 4.26. The first-order valence-electron chi connectivity index (χ1n) is 10.9. The lowest BCUT2D eigenvalue weighted by molar-refractivity contribution is 0.0599. The maximum atomic E-state index is 15.5. The molecule has 0 fully saturated rings. The molecule has 0 aliphatic rings. The van der Waals surface area contributed by atoms with Gasteiger partial charge >= 0.3 is 5.97 Å². The first-order valence-corrected chi connectivity index (χ1v) is 10.9. The molecular formula is C25H24FN5O3. The number of esters is 1. The second kappa shape index (κ2) is 9.78. The number of nitrogens with one attached hydrogen (secondary N) is 1. The van der Waals surface area contributed by atoms with Gasteiger partial charge in [0.1, 0.15) is 5.82 Å². The molecule has 1 N–H and O–H groups in total. The number of benzene rings is 2. The van der Waals surface area contributed by atoms with E-state index in [1.54, 1.807) is 25.1 Å². The fourth-order valence-electron chi connectivity index (χ4n) is 3.94. The summed E-state index contributed by atoms with van der Waals surface area (Å²) in [6.45, 7) is 3.57. The Kier molecular flexibility index (Phi) is 6.62. The number of tetrazole rings is 1. The number of hydrogen-bond acceptors (Lipinski definition) is 6. The number of unbranched alkanes of at least 4 members (excludes halogenated alkanes) is 1. The number of methoxy groups -OCH3 is 1. The molecule has 0 amide bonds. The molecule has 8 nitrogen and oxygen atoms in total. The van der Waals surface area contributed by atoms with Gasteiger partial charge in [0.05, 0.1) is 18.4 Å². The van der Waals surface area contributed by atoms with Crippen LogP contribution in [0.25, 0.3) is 28.2 Å². The Bertz CT molecular complexity index is 1400. The summed E-state index contributed by atoms with van der Waals surface area (Å²) in [5.41, 5.74) is 2.65. The van der Waals surface area contributed by atoms with Gasteiger partial charge in [-0.05, 0) is 54.3 Å². The molecule has 0 aliphatic carbocycles. The third-order valence-corrected chi connectivity index (χ3v) is 5.73. The van der Waals surface area contributed by atoms with E-state index in [1.165, 1.54) is 17.7 Å². The van der Waals surface area contributed by atoms with Crippen molar-refractivity contribution in [1.29, 1.82) is 0 Å². The van der Waals surface area contributed by atoms with E-state index < -0.39 is 17.3 Å². The number of H-pyrrole nitrogens is 1. The maximum Gasteiger partial charge on any atom is 0.338 e. The number of hydrogen-bond donors (Lipinski definition) is 1. The molecule has 0 spiro atoms. The lowest BCUT2D eigenvalue weighted by Crippen LogP contribution is -2.28. The molecule has 2 aromatic heterocycles. The lowest BCUT2D eigenvalue weighted by atomic mass is 9.98. The van der Waals surface area contributed by atoms with E-state index in [0.717, 1.165) is 18.4 Å². The van der Waals surface area contributed by atoms with Crippen LogP contribution in [0.1, 0.15) is 41.4 Å². The molecule has 0 bridgehead atoms. The molecule has 0 aliphatic heterocycles. The van der Waals surface area contributed by atoms with Crippen molar-refractivity contribution in [2.24, 2.45) is 0 Å². The van der Waals surface area contributed by atoms with Crippen LogP contribution in [0, 0.1) is 12.7 Å². The van der Waals surface area contributed by atoms with Gasteiger partial charge in [-0.15, -0.1) is 10.2 Å². The highest BCUT2D eigenvalue weighted by molar-refractivity contribution is 5.91. The van der Waals surface area contributed by atoms with Gasteiger partial charge in [-0.2, -0.15) is 5.21 Å². The predicted molar refractivity (Wildman–Crippen MR) is 125 cm³/mol. The summed E-state index contributed by atoms with van der Waals surface area (Å²) in [6, 6.07) is 13.7. The van der Waals surface area contributed by atoms with E-state index in [1.807, 2.05) is 31.2 Å². The summed E-state index contributed by atoms with van der Waals surface area (Å²) in [5.74, 6) is -0.758. The van der Waals surface area contributed by atoms with E-state index in [2.05, 4.69) is 20.6 Å². The highest BCUT2D eigenvalue weighted by atomic mass is 19.1. The number of carbonyl (C=O) groups is 1. The normalized spacial score (nSPS) is 10.9. The van der Waals surface area contributed by atoms with Crippen LogP contribution >= 0.6 is 0 Å². The number of halogens is 1.